The minimum Gasteiger partial charge on any atom is -0.487 e. The molecule has 0 fully saturated rings. The molecule has 0 spiro atoms. The van der Waals surface area contributed by atoms with Gasteiger partial charge in [0.25, 0.3) is 5.91 Å². The van der Waals surface area contributed by atoms with Crippen LogP contribution in [0.15, 0.2) is 78.7 Å². The minimum atomic E-state index is -0.0735. The highest BCUT2D eigenvalue weighted by atomic mass is 32.1. The summed E-state index contributed by atoms with van der Waals surface area (Å²) < 4.78 is 5.87. The summed E-state index contributed by atoms with van der Waals surface area (Å²) in [6.07, 6.45) is 6.97. The molecule has 1 amide bonds. The Morgan fingerprint density at radius 3 is 2.58 bits per heavy atom. The smallest absolute Gasteiger partial charge is 0.254 e. The number of thiazole rings is 1. The van der Waals surface area contributed by atoms with Crippen LogP contribution >= 0.6 is 11.3 Å². The molecule has 3 heterocycles. The van der Waals surface area contributed by atoms with E-state index in [0.717, 1.165) is 21.8 Å². The third kappa shape index (κ3) is 5.73. The number of carbonyl (C=O) groups is 1. The largest absolute Gasteiger partial charge is 0.487 e. The molecule has 0 atom stereocenters. The molecular formula is C24H22N4O2S. The Morgan fingerprint density at radius 1 is 1.00 bits per heavy atom. The number of benzene rings is 1. The average Bonchev–Trinajstić information content (AvgIpc) is 3.23. The predicted molar refractivity (Wildman–Crippen MR) is 120 cm³/mol. The van der Waals surface area contributed by atoms with Gasteiger partial charge in [-0.05, 0) is 54.4 Å². The fourth-order valence-corrected chi connectivity index (χ4v) is 3.75. The lowest BCUT2D eigenvalue weighted by Gasteiger charge is -2.23. The third-order valence-electron chi connectivity index (χ3n) is 4.64. The lowest BCUT2D eigenvalue weighted by Crippen LogP contribution is -2.30. The summed E-state index contributed by atoms with van der Waals surface area (Å²) in [5.74, 6) is 0.567. The van der Waals surface area contributed by atoms with Crippen molar-refractivity contribution < 1.29 is 9.53 Å². The highest BCUT2D eigenvalue weighted by Gasteiger charge is 2.18. The average molecular weight is 431 g/mol. The number of pyridine rings is 2. The van der Waals surface area contributed by atoms with Gasteiger partial charge < -0.3 is 9.64 Å². The van der Waals surface area contributed by atoms with E-state index in [4.69, 9.17) is 4.74 Å². The minimum absolute atomic E-state index is 0.0735. The molecule has 0 N–H and O–H groups in total. The summed E-state index contributed by atoms with van der Waals surface area (Å²) in [5.41, 5.74) is 3.44. The van der Waals surface area contributed by atoms with Crippen molar-refractivity contribution in [1.82, 2.24) is 19.9 Å². The van der Waals surface area contributed by atoms with E-state index < -0.39 is 0 Å². The zero-order chi connectivity index (χ0) is 21.5. The first-order valence-corrected chi connectivity index (χ1v) is 10.8. The summed E-state index contributed by atoms with van der Waals surface area (Å²) in [4.78, 5) is 27.9. The van der Waals surface area contributed by atoms with Crippen molar-refractivity contribution in [3.63, 3.8) is 0 Å². The van der Waals surface area contributed by atoms with Gasteiger partial charge >= 0.3 is 0 Å². The van der Waals surface area contributed by atoms with Gasteiger partial charge in [-0.25, -0.2) is 4.98 Å². The number of carbonyl (C=O) groups excluding carboxylic acids is 1. The number of ether oxygens (including phenoxy) is 1. The van der Waals surface area contributed by atoms with Crippen molar-refractivity contribution >= 4 is 17.2 Å². The lowest BCUT2D eigenvalue weighted by molar-refractivity contribution is 0.0729. The molecule has 6 nitrogen and oxygen atoms in total. The molecule has 0 aliphatic heterocycles. The van der Waals surface area contributed by atoms with Gasteiger partial charge in [0.05, 0.1) is 10.7 Å². The molecular weight excluding hydrogens is 408 g/mol. The van der Waals surface area contributed by atoms with Crippen molar-refractivity contribution in [1.29, 1.82) is 0 Å². The summed E-state index contributed by atoms with van der Waals surface area (Å²) >= 11 is 1.59. The second kappa shape index (κ2) is 9.95. The van der Waals surface area contributed by atoms with E-state index in [2.05, 4.69) is 15.0 Å². The van der Waals surface area contributed by atoms with Crippen LogP contribution in [-0.2, 0) is 19.7 Å². The molecule has 156 valence electrons. The monoisotopic (exact) mass is 430 g/mol. The molecule has 31 heavy (non-hydrogen) atoms. The second-order valence-electron chi connectivity index (χ2n) is 7.05. The Morgan fingerprint density at radius 2 is 1.84 bits per heavy atom. The van der Waals surface area contributed by atoms with Crippen LogP contribution < -0.4 is 4.74 Å². The summed E-state index contributed by atoms with van der Waals surface area (Å²) in [6.45, 7) is 3.27. The molecule has 0 unspecified atom stereocenters. The quantitative estimate of drug-likeness (QED) is 0.407. The Kier molecular flexibility index (Phi) is 6.64. The molecule has 0 bridgehead atoms. The number of hydrogen-bond acceptors (Lipinski definition) is 6. The maximum atomic E-state index is 13.4. The van der Waals surface area contributed by atoms with Crippen LogP contribution in [0.2, 0.25) is 0 Å². The first-order valence-electron chi connectivity index (χ1n) is 9.88. The van der Waals surface area contributed by atoms with Crippen LogP contribution in [0.25, 0.3) is 0 Å². The first kappa shape index (κ1) is 20.7. The maximum Gasteiger partial charge on any atom is 0.254 e. The van der Waals surface area contributed by atoms with Crippen LogP contribution in [-0.4, -0.2) is 25.8 Å². The first-order chi connectivity index (χ1) is 15.2. The Bertz CT molecular complexity index is 1090. The standard InChI is InChI=1S/C24H22N4O2S/c1-18-27-22(17-31-18)16-30-23-6-2-5-21(12-23)24(29)28(14-19-7-10-25-11-8-19)15-20-4-3-9-26-13-20/h2-13,17H,14-16H2,1H3. The van der Waals surface area contributed by atoms with Crippen molar-refractivity contribution in [2.24, 2.45) is 0 Å². The Balaban J connectivity index is 1.52. The summed E-state index contributed by atoms with van der Waals surface area (Å²) in [7, 11) is 0. The zero-order valence-electron chi connectivity index (χ0n) is 17.1. The van der Waals surface area contributed by atoms with E-state index in [0.29, 0.717) is 31.0 Å². The summed E-state index contributed by atoms with van der Waals surface area (Å²) in [6, 6.07) is 15.0. The predicted octanol–water partition coefficient (Wildman–Crippen LogP) is 4.66. The summed E-state index contributed by atoms with van der Waals surface area (Å²) in [5, 5.41) is 2.99. The molecule has 4 aromatic rings. The Labute approximate surface area is 185 Å². The van der Waals surface area contributed by atoms with E-state index in [-0.39, 0.29) is 5.91 Å². The van der Waals surface area contributed by atoms with Gasteiger partial charge in [-0.2, -0.15) is 0 Å². The number of aromatic nitrogens is 3. The normalized spacial score (nSPS) is 10.6. The van der Waals surface area contributed by atoms with Crippen LogP contribution in [0.5, 0.6) is 5.75 Å². The van der Waals surface area contributed by atoms with E-state index in [1.54, 1.807) is 47.1 Å². The molecule has 1 aromatic carbocycles. The van der Waals surface area contributed by atoms with Crippen LogP contribution in [0, 0.1) is 6.92 Å². The maximum absolute atomic E-state index is 13.4. The molecule has 0 radical (unpaired) electrons. The van der Waals surface area contributed by atoms with Crippen molar-refractivity contribution in [3.8, 4) is 5.75 Å². The Hall–Kier alpha value is -3.58. The molecule has 0 saturated carbocycles. The van der Waals surface area contributed by atoms with Crippen LogP contribution in [0.3, 0.4) is 0 Å². The molecule has 7 heteroatoms. The van der Waals surface area contributed by atoms with E-state index in [1.807, 2.05) is 54.8 Å². The molecule has 0 saturated heterocycles. The topological polar surface area (TPSA) is 68.2 Å². The van der Waals surface area contributed by atoms with E-state index >= 15 is 0 Å². The molecule has 4 rings (SSSR count). The highest BCUT2D eigenvalue weighted by Crippen LogP contribution is 2.19. The molecule has 0 aliphatic rings. The SMILES string of the molecule is Cc1nc(COc2cccc(C(=O)N(Cc3ccncc3)Cc3cccnc3)c2)cs1. The number of rotatable bonds is 8. The fraction of sp³-hybridized carbons (Fsp3) is 0.167. The van der Waals surface area contributed by atoms with Crippen molar-refractivity contribution in [2.75, 3.05) is 0 Å². The van der Waals surface area contributed by atoms with Gasteiger partial charge in [-0.1, -0.05) is 12.1 Å². The van der Waals surface area contributed by atoms with Gasteiger partial charge in [0.15, 0.2) is 0 Å². The molecule has 0 aliphatic carbocycles. The van der Waals surface area contributed by atoms with Gasteiger partial charge in [-0.15, -0.1) is 11.3 Å². The van der Waals surface area contributed by atoms with Gasteiger partial charge in [-0.3, -0.25) is 14.8 Å². The fourth-order valence-electron chi connectivity index (χ4n) is 3.15. The van der Waals surface area contributed by atoms with Gasteiger partial charge in [0, 0.05) is 48.8 Å². The van der Waals surface area contributed by atoms with Crippen LogP contribution in [0.4, 0.5) is 0 Å². The number of aryl methyl sites for hydroxylation is 1. The van der Waals surface area contributed by atoms with Gasteiger partial charge in [0.1, 0.15) is 12.4 Å². The highest BCUT2D eigenvalue weighted by molar-refractivity contribution is 7.09. The zero-order valence-corrected chi connectivity index (χ0v) is 18.0. The van der Waals surface area contributed by atoms with Crippen LogP contribution in [0.1, 0.15) is 32.2 Å². The van der Waals surface area contributed by atoms with E-state index in [1.165, 1.54) is 0 Å². The number of hydrogen-bond donors (Lipinski definition) is 0. The van der Waals surface area contributed by atoms with Crippen molar-refractivity contribution in [2.45, 2.75) is 26.6 Å². The second-order valence-corrected chi connectivity index (χ2v) is 8.11. The van der Waals surface area contributed by atoms with E-state index in [9.17, 15) is 4.79 Å². The molecule has 3 aromatic heterocycles. The number of nitrogens with zero attached hydrogens (tertiary/aromatic N) is 4. The third-order valence-corrected chi connectivity index (χ3v) is 5.46. The van der Waals surface area contributed by atoms with Gasteiger partial charge in [0.2, 0.25) is 0 Å². The number of amides is 1. The van der Waals surface area contributed by atoms with Crippen molar-refractivity contribution in [3.05, 3.63) is 106 Å². The lowest BCUT2D eigenvalue weighted by atomic mass is 10.1.